The minimum atomic E-state index is -1.03. The van der Waals surface area contributed by atoms with Crippen LogP contribution in [-0.4, -0.2) is 44.9 Å². The molecule has 3 aromatic rings. The number of hydrogen-bond donors (Lipinski definition) is 3. The van der Waals surface area contributed by atoms with Crippen LogP contribution in [0.1, 0.15) is 38.3 Å². The summed E-state index contributed by atoms with van der Waals surface area (Å²) in [5, 5.41) is 18.4. The number of rotatable bonds is 3. The Kier molecular flexibility index (Phi) is 4.35. The Balaban J connectivity index is 2.01. The molecule has 1 aliphatic heterocycles. The van der Waals surface area contributed by atoms with Gasteiger partial charge in [0.05, 0.1) is 22.3 Å². The van der Waals surface area contributed by atoms with Crippen LogP contribution in [0.25, 0.3) is 16.6 Å². The van der Waals surface area contributed by atoms with Gasteiger partial charge in [-0.25, -0.2) is 9.31 Å². The van der Waals surface area contributed by atoms with Crippen molar-refractivity contribution in [3.63, 3.8) is 0 Å². The van der Waals surface area contributed by atoms with Gasteiger partial charge in [0.1, 0.15) is 5.65 Å². The number of anilines is 1. The van der Waals surface area contributed by atoms with E-state index in [0.717, 1.165) is 31.6 Å². The van der Waals surface area contributed by atoms with Gasteiger partial charge in [-0.1, -0.05) is 6.07 Å². The summed E-state index contributed by atoms with van der Waals surface area (Å²) in [5.74, 6) is 0.245. The maximum atomic E-state index is 12.4. The molecular weight excluding hydrogens is 346 g/mol. The molecule has 2 aromatic heterocycles. The van der Waals surface area contributed by atoms with E-state index in [1.165, 1.54) is 4.90 Å². The molecule has 1 aliphatic rings. The van der Waals surface area contributed by atoms with E-state index in [0.29, 0.717) is 22.2 Å². The lowest BCUT2D eigenvalue weighted by molar-refractivity contribution is 0.200. The highest BCUT2D eigenvalue weighted by atomic mass is 16.4. The van der Waals surface area contributed by atoms with Crippen molar-refractivity contribution in [2.75, 3.05) is 18.0 Å². The normalized spacial score (nSPS) is 15.7. The molecular formula is C19H23N5O3. The highest BCUT2D eigenvalue weighted by Gasteiger charge is 2.25. The van der Waals surface area contributed by atoms with E-state index in [1.54, 1.807) is 22.7 Å². The van der Waals surface area contributed by atoms with Gasteiger partial charge >= 0.3 is 6.09 Å². The Morgan fingerprint density at radius 2 is 2.07 bits per heavy atom. The molecule has 3 heterocycles. The first-order valence-corrected chi connectivity index (χ1v) is 9.25. The average Bonchev–Trinajstić information content (AvgIpc) is 3.00. The number of aromatic nitrogens is 3. The Bertz CT molecular complexity index is 1060. The van der Waals surface area contributed by atoms with Crippen molar-refractivity contribution in [2.45, 2.75) is 38.6 Å². The second kappa shape index (κ2) is 6.70. The number of benzene rings is 1. The van der Waals surface area contributed by atoms with Crippen LogP contribution in [0.15, 0.2) is 29.1 Å². The molecule has 0 saturated carbocycles. The van der Waals surface area contributed by atoms with Gasteiger partial charge in [0, 0.05) is 18.0 Å². The fourth-order valence-electron chi connectivity index (χ4n) is 3.98. The number of carboxylic acid groups (broad SMARTS) is 1. The zero-order valence-electron chi connectivity index (χ0n) is 15.4. The number of fused-ring (bicyclic) bond motifs is 3. The minimum Gasteiger partial charge on any atom is -0.465 e. The lowest BCUT2D eigenvalue weighted by atomic mass is 9.94. The van der Waals surface area contributed by atoms with Gasteiger partial charge in [0.2, 0.25) is 0 Å². The lowest BCUT2D eigenvalue weighted by Crippen LogP contribution is -2.35. The number of piperidine rings is 1. The van der Waals surface area contributed by atoms with Gasteiger partial charge in [-0.05, 0) is 51.9 Å². The zero-order valence-corrected chi connectivity index (χ0v) is 15.4. The number of nitrogens with one attached hydrogen (secondary N) is 2. The van der Waals surface area contributed by atoms with Crippen LogP contribution >= 0.6 is 0 Å². The smallest absolute Gasteiger partial charge is 0.412 e. The summed E-state index contributed by atoms with van der Waals surface area (Å²) in [7, 11) is 0. The Labute approximate surface area is 155 Å². The molecule has 0 unspecified atom stereocenters. The van der Waals surface area contributed by atoms with Crippen molar-refractivity contribution in [3.05, 3.63) is 40.3 Å². The summed E-state index contributed by atoms with van der Waals surface area (Å²) in [5.41, 5.74) is 2.43. The molecule has 8 heteroatoms. The average molecular weight is 369 g/mol. The third kappa shape index (κ3) is 2.95. The zero-order chi connectivity index (χ0) is 19.1. The molecule has 1 saturated heterocycles. The van der Waals surface area contributed by atoms with Gasteiger partial charge in [-0.2, -0.15) is 5.10 Å². The van der Waals surface area contributed by atoms with Crippen LogP contribution in [-0.2, 0) is 0 Å². The number of hydrogen-bond acceptors (Lipinski definition) is 4. The molecule has 0 spiro atoms. The monoisotopic (exact) mass is 369 g/mol. The highest BCUT2D eigenvalue weighted by Crippen LogP contribution is 2.33. The predicted octanol–water partition coefficient (Wildman–Crippen LogP) is 2.54. The SMILES string of the molecule is CC(C)N(C(=O)O)c1cccc2nn3c(C4CCNCC4)cc(=O)[nH]c3c12. The molecule has 142 valence electrons. The molecule has 1 amide bonds. The maximum absolute atomic E-state index is 12.4. The van der Waals surface area contributed by atoms with Gasteiger partial charge in [-0.3, -0.25) is 9.69 Å². The minimum absolute atomic E-state index is 0.195. The summed E-state index contributed by atoms with van der Waals surface area (Å²) in [6.07, 6.45) is 0.845. The van der Waals surface area contributed by atoms with E-state index in [-0.39, 0.29) is 17.5 Å². The quantitative estimate of drug-likeness (QED) is 0.658. The molecule has 3 N–H and O–H groups in total. The standard InChI is InChI=1S/C19H23N5O3/c1-11(2)23(19(26)27)14-5-3-4-13-17(14)18-21-16(25)10-15(24(18)22-13)12-6-8-20-9-7-12/h3-5,10-12,20H,6-9H2,1-2H3,(H,21,25)(H,26,27). The van der Waals surface area contributed by atoms with Crippen molar-refractivity contribution in [3.8, 4) is 0 Å². The van der Waals surface area contributed by atoms with Crippen molar-refractivity contribution < 1.29 is 9.90 Å². The predicted molar refractivity (Wildman–Crippen MR) is 104 cm³/mol. The second-order valence-corrected chi connectivity index (χ2v) is 7.26. The van der Waals surface area contributed by atoms with E-state index in [1.807, 2.05) is 19.9 Å². The number of aromatic amines is 1. The van der Waals surface area contributed by atoms with E-state index in [4.69, 9.17) is 5.10 Å². The van der Waals surface area contributed by atoms with Crippen LogP contribution < -0.4 is 15.8 Å². The molecule has 27 heavy (non-hydrogen) atoms. The Morgan fingerprint density at radius 1 is 1.33 bits per heavy atom. The first kappa shape index (κ1) is 17.5. The fourth-order valence-corrected chi connectivity index (χ4v) is 3.98. The van der Waals surface area contributed by atoms with Crippen LogP contribution in [0, 0.1) is 0 Å². The molecule has 0 aliphatic carbocycles. The number of amides is 1. The first-order valence-electron chi connectivity index (χ1n) is 9.25. The summed E-state index contributed by atoms with van der Waals surface area (Å²) in [4.78, 5) is 28.4. The highest BCUT2D eigenvalue weighted by molar-refractivity contribution is 6.07. The topological polar surface area (TPSA) is 103 Å². The molecule has 0 bridgehead atoms. The summed E-state index contributed by atoms with van der Waals surface area (Å²) in [6.45, 7) is 5.46. The fraction of sp³-hybridized carbons (Fsp3) is 0.421. The van der Waals surface area contributed by atoms with Crippen molar-refractivity contribution >= 4 is 28.3 Å². The van der Waals surface area contributed by atoms with Crippen molar-refractivity contribution in [2.24, 2.45) is 0 Å². The number of H-pyrrole nitrogens is 1. The summed E-state index contributed by atoms with van der Waals surface area (Å²) < 4.78 is 1.78. The molecule has 1 aromatic carbocycles. The van der Waals surface area contributed by atoms with E-state index in [9.17, 15) is 14.7 Å². The van der Waals surface area contributed by atoms with E-state index >= 15 is 0 Å². The van der Waals surface area contributed by atoms with Crippen LogP contribution in [0.2, 0.25) is 0 Å². The first-order chi connectivity index (χ1) is 13.0. The van der Waals surface area contributed by atoms with Crippen LogP contribution in [0.4, 0.5) is 10.5 Å². The van der Waals surface area contributed by atoms with Gasteiger partial charge < -0.3 is 15.4 Å². The van der Waals surface area contributed by atoms with E-state index < -0.39 is 6.09 Å². The van der Waals surface area contributed by atoms with Crippen LogP contribution in [0.5, 0.6) is 0 Å². The second-order valence-electron chi connectivity index (χ2n) is 7.26. The Morgan fingerprint density at radius 3 is 2.74 bits per heavy atom. The molecule has 4 rings (SSSR count). The summed E-state index contributed by atoms with van der Waals surface area (Å²) >= 11 is 0. The van der Waals surface area contributed by atoms with E-state index in [2.05, 4.69) is 10.3 Å². The third-order valence-electron chi connectivity index (χ3n) is 5.18. The molecule has 0 radical (unpaired) electrons. The Hall–Kier alpha value is -2.87. The van der Waals surface area contributed by atoms with Gasteiger partial charge in [-0.15, -0.1) is 0 Å². The van der Waals surface area contributed by atoms with Gasteiger partial charge in [0.25, 0.3) is 5.56 Å². The molecule has 1 fully saturated rings. The molecule has 0 atom stereocenters. The number of nitrogens with zero attached hydrogens (tertiary/aromatic N) is 3. The lowest BCUT2D eigenvalue weighted by Gasteiger charge is -2.24. The maximum Gasteiger partial charge on any atom is 0.412 e. The third-order valence-corrected chi connectivity index (χ3v) is 5.18. The van der Waals surface area contributed by atoms with Gasteiger partial charge in [0.15, 0.2) is 0 Å². The van der Waals surface area contributed by atoms with Crippen LogP contribution in [0.3, 0.4) is 0 Å². The largest absolute Gasteiger partial charge is 0.465 e. The molecule has 8 nitrogen and oxygen atoms in total. The summed E-state index contributed by atoms with van der Waals surface area (Å²) in [6, 6.07) is 6.77. The van der Waals surface area contributed by atoms with Crippen molar-refractivity contribution in [1.29, 1.82) is 0 Å². The number of carbonyl (C=O) groups is 1. The van der Waals surface area contributed by atoms with Crippen molar-refractivity contribution in [1.82, 2.24) is 19.9 Å².